The lowest BCUT2D eigenvalue weighted by atomic mass is 10.1. The van der Waals surface area contributed by atoms with Crippen LogP contribution in [-0.4, -0.2) is 43.6 Å². The molecule has 0 saturated carbocycles. The average molecular weight is 445 g/mol. The van der Waals surface area contributed by atoms with E-state index in [0.717, 1.165) is 36.0 Å². The molecule has 8 heteroatoms. The van der Waals surface area contributed by atoms with Crippen LogP contribution in [0.3, 0.4) is 0 Å². The normalized spacial score (nSPS) is 16.4. The van der Waals surface area contributed by atoms with Gasteiger partial charge in [-0.3, -0.25) is 4.79 Å². The van der Waals surface area contributed by atoms with Crippen LogP contribution in [0.4, 0.5) is 5.82 Å². The van der Waals surface area contributed by atoms with E-state index in [9.17, 15) is 4.79 Å². The van der Waals surface area contributed by atoms with E-state index in [-0.39, 0.29) is 11.9 Å². The number of aryl methyl sites for hydroxylation is 1. The minimum absolute atomic E-state index is 0.0214. The predicted octanol–water partition coefficient (Wildman–Crippen LogP) is 4.46. The summed E-state index contributed by atoms with van der Waals surface area (Å²) in [6.07, 6.45) is 4.66. The minimum Gasteiger partial charge on any atom is -0.383 e. The second kappa shape index (κ2) is 8.20. The van der Waals surface area contributed by atoms with E-state index in [2.05, 4.69) is 59.2 Å². The van der Waals surface area contributed by atoms with Crippen LogP contribution < -0.4 is 5.73 Å². The fraction of sp³-hybridized carbons (Fsp3) is 0.250. The monoisotopic (exact) mass is 444 g/mol. The molecule has 0 bridgehead atoms. The Balaban J connectivity index is 1.58. The summed E-state index contributed by atoms with van der Waals surface area (Å²) in [5, 5.41) is 7.82. The number of thiophene rings is 1. The van der Waals surface area contributed by atoms with Gasteiger partial charge in [0.1, 0.15) is 17.8 Å². The Bertz CT molecular complexity index is 1320. The number of likely N-dealkylation sites (tertiary alicyclic amines) is 1. The van der Waals surface area contributed by atoms with E-state index in [0.29, 0.717) is 18.0 Å². The number of aromatic nitrogens is 4. The zero-order chi connectivity index (χ0) is 22.2. The van der Waals surface area contributed by atoms with Crippen molar-refractivity contribution in [2.45, 2.75) is 25.8 Å². The number of hydrogen-bond acceptors (Lipinski definition) is 6. The maximum atomic E-state index is 12.2. The molecule has 32 heavy (non-hydrogen) atoms. The lowest BCUT2D eigenvalue weighted by molar-refractivity contribution is -0.127. The van der Waals surface area contributed by atoms with E-state index < -0.39 is 0 Å². The second-order valence-electron chi connectivity index (χ2n) is 8.10. The van der Waals surface area contributed by atoms with Crippen molar-refractivity contribution in [2.75, 3.05) is 18.8 Å². The van der Waals surface area contributed by atoms with Crippen LogP contribution in [0.5, 0.6) is 0 Å². The maximum absolute atomic E-state index is 12.2. The Morgan fingerprint density at radius 3 is 2.97 bits per heavy atom. The Morgan fingerprint density at radius 2 is 2.16 bits per heavy atom. The van der Waals surface area contributed by atoms with Crippen molar-refractivity contribution in [1.29, 1.82) is 0 Å². The number of nitrogens with zero attached hydrogens (tertiary/aromatic N) is 5. The molecule has 5 rings (SSSR count). The van der Waals surface area contributed by atoms with Gasteiger partial charge >= 0.3 is 0 Å². The van der Waals surface area contributed by atoms with Gasteiger partial charge in [-0.15, -0.1) is 11.3 Å². The Kier molecular flexibility index (Phi) is 5.22. The van der Waals surface area contributed by atoms with Crippen LogP contribution >= 0.6 is 11.3 Å². The second-order valence-corrected chi connectivity index (χ2v) is 9.02. The lowest BCUT2D eigenvalue weighted by Gasteiger charge is -2.32. The fourth-order valence-corrected chi connectivity index (χ4v) is 5.24. The summed E-state index contributed by atoms with van der Waals surface area (Å²) in [5.74, 6) is 0.357. The molecule has 3 aromatic heterocycles. The molecule has 0 radical (unpaired) electrons. The molecule has 1 aliphatic heterocycles. The van der Waals surface area contributed by atoms with Crippen LogP contribution in [0.25, 0.3) is 32.7 Å². The molecule has 1 atom stereocenters. The minimum atomic E-state index is -0.0545. The van der Waals surface area contributed by atoms with Crippen LogP contribution in [0.1, 0.15) is 24.4 Å². The zero-order valence-corrected chi connectivity index (χ0v) is 18.7. The largest absolute Gasteiger partial charge is 0.383 e. The average Bonchev–Trinajstić information content (AvgIpc) is 3.44. The van der Waals surface area contributed by atoms with Crippen LogP contribution in [0.15, 0.2) is 54.7 Å². The van der Waals surface area contributed by atoms with E-state index >= 15 is 0 Å². The van der Waals surface area contributed by atoms with Crippen molar-refractivity contribution in [3.05, 3.63) is 60.3 Å². The standard InChI is InChI=1S/C24H24N6OS/c1-3-20(31)29-9-5-8-18(12-29)30-24-21(23(25)26-14-27-24)22(28-30)17-11-19(32-13-17)16-7-4-6-15(2)10-16/h3-4,6-7,10-11,13-14,18H,1,5,8-9,12H2,2H3,(H2,25,26,27)/t18-/m1/s1. The van der Waals surface area contributed by atoms with E-state index in [4.69, 9.17) is 10.8 Å². The van der Waals surface area contributed by atoms with Gasteiger partial charge in [0.15, 0.2) is 5.65 Å². The van der Waals surface area contributed by atoms with Crippen molar-refractivity contribution in [2.24, 2.45) is 0 Å². The van der Waals surface area contributed by atoms with Crippen LogP contribution in [0.2, 0.25) is 0 Å². The van der Waals surface area contributed by atoms with Gasteiger partial charge in [0, 0.05) is 28.9 Å². The molecule has 4 heterocycles. The number of carbonyl (C=O) groups is 1. The van der Waals surface area contributed by atoms with Gasteiger partial charge in [0.05, 0.1) is 11.4 Å². The van der Waals surface area contributed by atoms with Crippen molar-refractivity contribution in [1.82, 2.24) is 24.6 Å². The number of amides is 1. The molecule has 2 N–H and O–H groups in total. The van der Waals surface area contributed by atoms with E-state index in [1.165, 1.54) is 28.4 Å². The van der Waals surface area contributed by atoms with Gasteiger partial charge in [-0.05, 0) is 37.5 Å². The summed E-state index contributed by atoms with van der Waals surface area (Å²) >= 11 is 1.68. The van der Waals surface area contributed by atoms with Crippen molar-refractivity contribution in [3.8, 4) is 21.7 Å². The van der Waals surface area contributed by atoms with Crippen molar-refractivity contribution in [3.63, 3.8) is 0 Å². The van der Waals surface area contributed by atoms with Crippen LogP contribution in [0, 0.1) is 6.92 Å². The van der Waals surface area contributed by atoms with Crippen LogP contribution in [-0.2, 0) is 4.79 Å². The first kappa shape index (κ1) is 20.4. The third kappa shape index (κ3) is 3.56. The van der Waals surface area contributed by atoms with Gasteiger partial charge in [0.25, 0.3) is 0 Å². The molecule has 1 fully saturated rings. The quantitative estimate of drug-likeness (QED) is 0.469. The Morgan fingerprint density at radius 1 is 1.28 bits per heavy atom. The number of fused-ring (bicyclic) bond motifs is 1. The van der Waals surface area contributed by atoms with Gasteiger partial charge in [0.2, 0.25) is 5.91 Å². The zero-order valence-electron chi connectivity index (χ0n) is 17.9. The number of benzene rings is 1. The summed E-state index contributed by atoms with van der Waals surface area (Å²) in [6, 6.07) is 10.6. The first-order chi connectivity index (χ1) is 15.5. The summed E-state index contributed by atoms with van der Waals surface area (Å²) in [4.78, 5) is 23.9. The molecule has 7 nitrogen and oxygen atoms in total. The van der Waals surface area contributed by atoms with Gasteiger partial charge < -0.3 is 10.6 Å². The highest BCUT2D eigenvalue weighted by atomic mass is 32.1. The number of nitrogens with two attached hydrogens (primary N) is 1. The lowest BCUT2D eigenvalue weighted by Crippen LogP contribution is -2.40. The molecule has 1 aromatic carbocycles. The van der Waals surface area contributed by atoms with E-state index in [1.807, 2.05) is 9.58 Å². The molecule has 1 saturated heterocycles. The molecular weight excluding hydrogens is 420 g/mol. The SMILES string of the molecule is C=CC(=O)N1CCC[C@@H](n2nc(-c3csc(-c4cccc(C)c4)c3)c3c(N)ncnc32)C1. The molecule has 162 valence electrons. The number of hydrogen-bond donors (Lipinski definition) is 1. The van der Waals surface area contributed by atoms with Gasteiger partial charge in [-0.25, -0.2) is 14.6 Å². The first-order valence-electron chi connectivity index (χ1n) is 10.6. The third-order valence-corrected chi connectivity index (χ3v) is 6.90. The third-order valence-electron chi connectivity index (χ3n) is 5.92. The Labute approximate surface area is 190 Å². The molecule has 4 aromatic rings. The highest BCUT2D eigenvalue weighted by molar-refractivity contribution is 7.14. The van der Waals surface area contributed by atoms with Crippen molar-refractivity contribution >= 4 is 34.1 Å². The molecule has 0 spiro atoms. The van der Waals surface area contributed by atoms with E-state index in [1.54, 1.807) is 11.3 Å². The summed E-state index contributed by atoms with van der Waals surface area (Å²) in [6.45, 7) is 7.02. The molecule has 1 aliphatic rings. The number of anilines is 1. The van der Waals surface area contributed by atoms with Gasteiger partial charge in [-0.2, -0.15) is 5.10 Å². The van der Waals surface area contributed by atoms with Crippen molar-refractivity contribution < 1.29 is 4.79 Å². The highest BCUT2D eigenvalue weighted by Crippen LogP contribution is 2.38. The number of piperidine rings is 1. The highest BCUT2D eigenvalue weighted by Gasteiger charge is 2.28. The predicted molar refractivity (Wildman–Crippen MR) is 128 cm³/mol. The number of nitrogen functional groups attached to an aromatic ring is 1. The number of carbonyl (C=O) groups excluding carboxylic acids is 1. The topological polar surface area (TPSA) is 89.9 Å². The van der Waals surface area contributed by atoms with Gasteiger partial charge in [-0.1, -0.05) is 36.4 Å². The molecule has 1 amide bonds. The fourth-order valence-electron chi connectivity index (χ4n) is 4.35. The smallest absolute Gasteiger partial charge is 0.246 e. The summed E-state index contributed by atoms with van der Waals surface area (Å²) in [7, 11) is 0. The number of rotatable bonds is 4. The molecule has 0 aliphatic carbocycles. The summed E-state index contributed by atoms with van der Waals surface area (Å²) in [5.41, 5.74) is 11.2. The molecular formula is C24H24N6OS. The maximum Gasteiger partial charge on any atom is 0.246 e. The molecule has 0 unspecified atom stereocenters. The summed E-state index contributed by atoms with van der Waals surface area (Å²) < 4.78 is 1.93. The first-order valence-corrected chi connectivity index (χ1v) is 11.5. The Hall–Kier alpha value is -3.52.